The molecule has 1 amide bonds. The van der Waals surface area contributed by atoms with E-state index in [4.69, 9.17) is 5.11 Å². The van der Waals surface area contributed by atoms with Crippen LogP contribution in [0.1, 0.15) is 32.2 Å². The maximum atomic E-state index is 12.0. The summed E-state index contributed by atoms with van der Waals surface area (Å²) in [5.74, 6) is -1.31. The van der Waals surface area contributed by atoms with Gasteiger partial charge in [-0.3, -0.25) is 14.5 Å². The van der Waals surface area contributed by atoms with Crippen LogP contribution in [0.15, 0.2) is 24.4 Å². The number of carbonyl (C=O) groups excluding carboxylic acids is 1. The van der Waals surface area contributed by atoms with Crippen LogP contribution in [0.5, 0.6) is 0 Å². The highest BCUT2D eigenvalue weighted by Crippen LogP contribution is 2.04. The minimum Gasteiger partial charge on any atom is -0.478 e. The Morgan fingerprint density at radius 1 is 1.40 bits per heavy atom. The SMILES string of the molecule is Cc1cc(C(=O)NCc2cc(C(=O)O)ccn2)n(C)n1. The van der Waals surface area contributed by atoms with Gasteiger partial charge in [-0.05, 0) is 25.1 Å². The number of aryl methyl sites for hydroxylation is 2. The number of amides is 1. The number of aromatic nitrogens is 3. The standard InChI is InChI=1S/C13H14N4O3/c1-8-5-11(17(2)16-8)12(18)15-7-10-6-9(13(19)20)3-4-14-10/h3-6H,7H2,1-2H3,(H,15,18)(H,19,20). The summed E-state index contributed by atoms with van der Waals surface area (Å²) in [5.41, 5.74) is 1.82. The van der Waals surface area contributed by atoms with Crippen molar-refractivity contribution in [2.75, 3.05) is 0 Å². The van der Waals surface area contributed by atoms with Gasteiger partial charge in [0, 0.05) is 13.2 Å². The highest BCUT2D eigenvalue weighted by molar-refractivity contribution is 5.92. The van der Waals surface area contributed by atoms with E-state index in [2.05, 4.69) is 15.4 Å². The minimum atomic E-state index is -1.03. The van der Waals surface area contributed by atoms with E-state index in [1.54, 1.807) is 20.0 Å². The second-order valence-corrected chi connectivity index (χ2v) is 4.32. The maximum absolute atomic E-state index is 12.0. The van der Waals surface area contributed by atoms with Crippen LogP contribution in [0.4, 0.5) is 0 Å². The van der Waals surface area contributed by atoms with Crippen LogP contribution < -0.4 is 5.32 Å². The molecule has 20 heavy (non-hydrogen) atoms. The topological polar surface area (TPSA) is 97.1 Å². The number of rotatable bonds is 4. The van der Waals surface area contributed by atoms with E-state index in [1.807, 2.05) is 0 Å². The summed E-state index contributed by atoms with van der Waals surface area (Å²) < 4.78 is 1.49. The number of nitrogens with zero attached hydrogens (tertiary/aromatic N) is 3. The van der Waals surface area contributed by atoms with Gasteiger partial charge in [0.25, 0.3) is 5.91 Å². The molecule has 7 heteroatoms. The van der Waals surface area contributed by atoms with Crippen LogP contribution in [-0.4, -0.2) is 31.7 Å². The Balaban J connectivity index is 2.05. The van der Waals surface area contributed by atoms with Crippen LogP contribution in [-0.2, 0) is 13.6 Å². The van der Waals surface area contributed by atoms with Crippen LogP contribution in [0.2, 0.25) is 0 Å². The summed E-state index contributed by atoms with van der Waals surface area (Å²) in [6, 6.07) is 4.51. The van der Waals surface area contributed by atoms with E-state index in [0.717, 1.165) is 5.69 Å². The third kappa shape index (κ3) is 3.00. The molecule has 0 radical (unpaired) electrons. The first-order valence-electron chi connectivity index (χ1n) is 5.94. The van der Waals surface area contributed by atoms with Crippen molar-refractivity contribution in [3.05, 3.63) is 47.0 Å². The Kier molecular flexibility index (Phi) is 3.79. The molecule has 0 aliphatic carbocycles. The van der Waals surface area contributed by atoms with Crippen LogP contribution >= 0.6 is 0 Å². The molecule has 2 N–H and O–H groups in total. The molecule has 2 aromatic rings. The van der Waals surface area contributed by atoms with Gasteiger partial charge in [0.2, 0.25) is 0 Å². The first-order valence-corrected chi connectivity index (χ1v) is 5.94. The van der Waals surface area contributed by atoms with Crippen LogP contribution in [0, 0.1) is 6.92 Å². The summed E-state index contributed by atoms with van der Waals surface area (Å²) >= 11 is 0. The molecule has 0 saturated carbocycles. The Hall–Kier alpha value is -2.70. The number of carboxylic acid groups (broad SMARTS) is 1. The van der Waals surface area contributed by atoms with Gasteiger partial charge >= 0.3 is 5.97 Å². The molecular weight excluding hydrogens is 260 g/mol. The quantitative estimate of drug-likeness (QED) is 0.857. The number of hydrogen-bond acceptors (Lipinski definition) is 4. The average Bonchev–Trinajstić information content (AvgIpc) is 2.75. The molecular formula is C13H14N4O3. The third-order valence-electron chi connectivity index (χ3n) is 2.73. The molecule has 0 aliphatic rings. The third-order valence-corrected chi connectivity index (χ3v) is 2.73. The zero-order valence-electron chi connectivity index (χ0n) is 11.1. The Labute approximate surface area is 115 Å². The number of aromatic carboxylic acids is 1. The fourth-order valence-corrected chi connectivity index (χ4v) is 1.79. The molecule has 0 saturated heterocycles. The van der Waals surface area contributed by atoms with Gasteiger partial charge in [0.15, 0.2) is 0 Å². The van der Waals surface area contributed by atoms with Crippen LogP contribution in [0.25, 0.3) is 0 Å². The van der Waals surface area contributed by atoms with Gasteiger partial charge in [-0.2, -0.15) is 5.10 Å². The highest BCUT2D eigenvalue weighted by Gasteiger charge is 2.12. The number of pyridine rings is 1. The summed E-state index contributed by atoms with van der Waals surface area (Å²) in [4.78, 5) is 26.8. The molecule has 0 aliphatic heterocycles. The predicted octanol–water partition coefficient (Wildman–Crippen LogP) is 0.752. The molecule has 2 rings (SSSR count). The number of hydrogen-bond donors (Lipinski definition) is 2. The summed E-state index contributed by atoms with van der Waals surface area (Å²) in [6.45, 7) is 1.96. The number of carbonyl (C=O) groups is 2. The van der Waals surface area contributed by atoms with Gasteiger partial charge in [-0.15, -0.1) is 0 Å². The van der Waals surface area contributed by atoms with Crippen molar-refractivity contribution in [3.63, 3.8) is 0 Å². The lowest BCUT2D eigenvalue weighted by molar-refractivity contribution is 0.0696. The molecule has 0 fully saturated rings. The van der Waals surface area contributed by atoms with Crippen molar-refractivity contribution in [2.45, 2.75) is 13.5 Å². The average molecular weight is 274 g/mol. The number of carboxylic acids is 1. The second kappa shape index (κ2) is 5.52. The molecule has 7 nitrogen and oxygen atoms in total. The zero-order chi connectivity index (χ0) is 14.7. The van der Waals surface area contributed by atoms with Gasteiger partial charge in [-0.1, -0.05) is 0 Å². The first kappa shape index (κ1) is 13.7. The van der Waals surface area contributed by atoms with Crippen molar-refractivity contribution >= 4 is 11.9 Å². The normalized spacial score (nSPS) is 10.3. The van der Waals surface area contributed by atoms with Crippen molar-refractivity contribution in [1.29, 1.82) is 0 Å². The smallest absolute Gasteiger partial charge is 0.335 e. The maximum Gasteiger partial charge on any atom is 0.335 e. The Morgan fingerprint density at radius 3 is 2.75 bits per heavy atom. The Bertz CT molecular complexity index is 663. The fraction of sp³-hybridized carbons (Fsp3) is 0.231. The lowest BCUT2D eigenvalue weighted by atomic mass is 10.2. The second-order valence-electron chi connectivity index (χ2n) is 4.32. The lowest BCUT2D eigenvalue weighted by Gasteiger charge is -2.05. The van der Waals surface area contributed by atoms with Crippen molar-refractivity contribution in [3.8, 4) is 0 Å². The van der Waals surface area contributed by atoms with Crippen molar-refractivity contribution in [1.82, 2.24) is 20.1 Å². The Morgan fingerprint density at radius 2 is 2.15 bits per heavy atom. The summed E-state index contributed by atoms with van der Waals surface area (Å²) in [7, 11) is 1.69. The van der Waals surface area contributed by atoms with E-state index < -0.39 is 5.97 Å². The summed E-state index contributed by atoms with van der Waals surface area (Å²) in [6.07, 6.45) is 1.40. The molecule has 0 spiro atoms. The van der Waals surface area contributed by atoms with Gasteiger partial charge in [0.05, 0.1) is 23.5 Å². The van der Waals surface area contributed by atoms with Crippen molar-refractivity contribution < 1.29 is 14.7 Å². The molecule has 0 aromatic carbocycles. The van der Waals surface area contributed by atoms with Gasteiger partial charge < -0.3 is 10.4 Å². The van der Waals surface area contributed by atoms with Gasteiger partial charge in [-0.25, -0.2) is 4.79 Å². The van der Waals surface area contributed by atoms with Crippen LogP contribution in [0.3, 0.4) is 0 Å². The van der Waals surface area contributed by atoms with Gasteiger partial charge in [0.1, 0.15) is 5.69 Å². The number of nitrogens with one attached hydrogen (secondary N) is 1. The molecule has 0 unspecified atom stereocenters. The van der Waals surface area contributed by atoms with E-state index in [9.17, 15) is 9.59 Å². The highest BCUT2D eigenvalue weighted by atomic mass is 16.4. The first-order chi connectivity index (χ1) is 9.47. The molecule has 2 aromatic heterocycles. The molecule has 0 atom stereocenters. The molecule has 2 heterocycles. The lowest BCUT2D eigenvalue weighted by Crippen LogP contribution is -2.25. The van der Waals surface area contributed by atoms with E-state index in [-0.39, 0.29) is 18.0 Å². The predicted molar refractivity (Wildman–Crippen MR) is 70.3 cm³/mol. The monoisotopic (exact) mass is 274 g/mol. The van der Waals surface area contributed by atoms with E-state index in [0.29, 0.717) is 11.4 Å². The molecule has 104 valence electrons. The van der Waals surface area contributed by atoms with E-state index in [1.165, 1.54) is 23.0 Å². The van der Waals surface area contributed by atoms with E-state index >= 15 is 0 Å². The molecule has 0 bridgehead atoms. The summed E-state index contributed by atoms with van der Waals surface area (Å²) in [5, 5.41) is 15.6. The fourth-order valence-electron chi connectivity index (χ4n) is 1.79. The zero-order valence-corrected chi connectivity index (χ0v) is 11.1. The largest absolute Gasteiger partial charge is 0.478 e. The minimum absolute atomic E-state index is 0.139. The van der Waals surface area contributed by atoms with Crippen molar-refractivity contribution in [2.24, 2.45) is 7.05 Å².